The predicted molar refractivity (Wildman–Crippen MR) is 409 cm³/mol. The summed E-state index contributed by atoms with van der Waals surface area (Å²) in [5.74, 6) is -2.19. The quantitative estimate of drug-likeness (QED) is 0.0169. The summed E-state index contributed by atoms with van der Waals surface area (Å²) in [7, 11) is -9.95. The van der Waals surface area contributed by atoms with Crippen LogP contribution in [0.4, 0.5) is 0 Å². The van der Waals surface area contributed by atoms with Crippen molar-refractivity contribution in [1.82, 2.24) is 0 Å². The molecule has 578 valence electrons. The van der Waals surface area contributed by atoms with Crippen molar-refractivity contribution < 1.29 is 80.2 Å². The summed E-state index contributed by atoms with van der Waals surface area (Å²) in [6, 6.07) is 0. The number of carbonyl (C=O) groups is 4. The molecule has 0 aromatic rings. The Kier molecular flexibility index (Phi) is 70.4. The van der Waals surface area contributed by atoms with Gasteiger partial charge in [-0.05, 0) is 116 Å². The SMILES string of the molecule is CC/C=C\C/C=C\C/C=C\CCCCCCCCCC(=O)OCC(COP(=O)(O)OCC(O)COP(=O)(O)OCC(COC(=O)CCCCCCC/C=C\C/C=C\CCC)OC(=O)CCCCCCCCCCCCCCC)OC(=O)CCCCCCCCC/C=C\C/C=C\C/C=C\CC. The Morgan fingerprint density at radius 2 is 0.540 bits per heavy atom. The Morgan fingerprint density at radius 1 is 0.290 bits per heavy atom. The van der Waals surface area contributed by atoms with E-state index < -0.39 is 97.5 Å². The molecule has 0 radical (unpaired) electrons. The van der Waals surface area contributed by atoms with E-state index in [0.29, 0.717) is 25.7 Å². The third-order valence-electron chi connectivity index (χ3n) is 16.5. The van der Waals surface area contributed by atoms with E-state index in [1.165, 1.54) is 51.4 Å². The molecule has 5 unspecified atom stereocenters. The topological polar surface area (TPSA) is 237 Å². The fourth-order valence-corrected chi connectivity index (χ4v) is 12.2. The van der Waals surface area contributed by atoms with Gasteiger partial charge in [0, 0.05) is 25.7 Å². The van der Waals surface area contributed by atoms with Crippen molar-refractivity contribution in [3.05, 3.63) is 97.2 Å². The van der Waals surface area contributed by atoms with Crippen LogP contribution in [0, 0.1) is 0 Å². The van der Waals surface area contributed by atoms with Crippen LogP contribution in [-0.4, -0.2) is 96.7 Å². The van der Waals surface area contributed by atoms with Crippen LogP contribution in [0.3, 0.4) is 0 Å². The van der Waals surface area contributed by atoms with Crippen molar-refractivity contribution in [3.63, 3.8) is 0 Å². The van der Waals surface area contributed by atoms with Gasteiger partial charge in [-0.25, -0.2) is 9.13 Å². The summed E-state index contributed by atoms with van der Waals surface area (Å²) in [6.45, 7) is 4.59. The van der Waals surface area contributed by atoms with Crippen molar-refractivity contribution in [2.75, 3.05) is 39.6 Å². The third kappa shape index (κ3) is 72.3. The summed E-state index contributed by atoms with van der Waals surface area (Å²) in [5, 5.41) is 10.6. The van der Waals surface area contributed by atoms with Crippen molar-refractivity contribution in [2.45, 2.75) is 354 Å². The van der Waals surface area contributed by atoms with Gasteiger partial charge in [0.1, 0.15) is 19.3 Å². The number of hydrogen-bond donors (Lipinski definition) is 3. The average Bonchev–Trinajstić information content (AvgIpc) is 1.15. The number of aliphatic hydroxyl groups is 1. The van der Waals surface area contributed by atoms with Crippen LogP contribution in [0.25, 0.3) is 0 Å². The van der Waals surface area contributed by atoms with E-state index in [4.69, 9.17) is 37.0 Å². The molecule has 0 aromatic carbocycles. The smallest absolute Gasteiger partial charge is 0.462 e. The van der Waals surface area contributed by atoms with Crippen LogP contribution in [0.1, 0.15) is 336 Å². The first-order valence-electron chi connectivity index (χ1n) is 39.5. The second-order valence-corrected chi connectivity index (χ2v) is 29.2. The van der Waals surface area contributed by atoms with Crippen molar-refractivity contribution >= 4 is 39.5 Å². The standard InChI is InChI=1S/C81H142O17P2/c1-5-9-13-17-21-25-29-33-35-37-39-43-46-50-54-58-62-66-79(84)92-72-77(98-81(86)68-64-60-56-52-48-44-40-38-36-34-30-26-22-18-14-10-6-2)74-96-100(89,90)94-70-75(82)69-93-99(87,88)95-73-76(97-80(85)67-63-59-55-51-47-42-32-28-24-20-16-12-8-4)71-91-78(83)65-61-57-53-49-45-41-31-27-23-19-15-11-7-3/h9-10,13-15,19,21-22,25-27,31,33-36,75-77,82H,5-8,11-12,16-18,20,23-24,28-30,32,37-74H2,1-4H3,(H,87,88)(H,89,90)/b13-9-,14-10-,19-15-,25-21-,26-22-,31-27-,35-33-,36-34-. The predicted octanol–water partition coefficient (Wildman–Crippen LogP) is 22.8. The minimum absolute atomic E-state index is 0.0815. The van der Waals surface area contributed by atoms with E-state index in [-0.39, 0.29) is 25.7 Å². The Bertz CT molecular complexity index is 2270. The van der Waals surface area contributed by atoms with Crippen LogP contribution in [0.2, 0.25) is 0 Å². The van der Waals surface area contributed by atoms with Gasteiger partial charge in [-0.3, -0.25) is 37.3 Å². The van der Waals surface area contributed by atoms with Crippen LogP contribution in [0.15, 0.2) is 97.2 Å². The molecule has 17 nitrogen and oxygen atoms in total. The number of aliphatic hydroxyl groups excluding tert-OH is 1. The zero-order chi connectivity index (χ0) is 73.2. The first kappa shape index (κ1) is 96.0. The van der Waals surface area contributed by atoms with Crippen LogP contribution in [0.5, 0.6) is 0 Å². The maximum Gasteiger partial charge on any atom is 0.472 e. The molecule has 3 N–H and O–H groups in total. The second-order valence-electron chi connectivity index (χ2n) is 26.2. The monoisotopic (exact) mass is 1450 g/mol. The van der Waals surface area contributed by atoms with E-state index in [0.717, 1.165) is 205 Å². The normalized spacial score (nSPS) is 14.4. The molecule has 0 spiro atoms. The lowest BCUT2D eigenvalue weighted by molar-refractivity contribution is -0.161. The number of carbonyl (C=O) groups excluding carboxylic acids is 4. The summed E-state index contributed by atoms with van der Waals surface area (Å²) in [4.78, 5) is 73.0. The summed E-state index contributed by atoms with van der Waals surface area (Å²) in [5.41, 5.74) is 0. The zero-order valence-corrected chi connectivity index (χ0v) is 64.9. The number of allylic oxidation sites excluding steroid dienone is 16. The molecule has 19 heteroatoms. The third-order valence-corrected chi connectivity index (χ3v) is 18.4. The number of unbranched alkanes of at least 4 members (excludes halogenated alkanes) is 32. The van der Waals surface area contributed by atoms with E-state index in [1.54, 1.807) is 0 Å². The lowest BCUT2D eigenvalue weighted by Gasteiger charge is -2.21. The lowest BCUT2D eigenvalue weighted by atomic mass is 10.0. The molecule has 0 amide bonds. The molecular weight excluding hydrogens is 1310 g/mol. The van der Waals surface area contributed by atoms with Crippen LogP contribution in [-0.2, 0) is 65.4 Å². The number of phosphoric ester groups is 2. The zero-order valence-electron chi connectivity index (χ0n) is 63.1. The minimum Gasteiger partial charge on any atom is -0.462 e. The van der Waals surface area contributed by atoms with Gasteiger partial charge in [-0.2, -0.15) is 0 Å². The number of rotatable bonds is 74. The van der Waals surface area contributed by atoms with Crippen molar-refractivity contribution in [2.24, 2.45) is 0 Å². The van der Waals surface area contributed by atoms with E-state index in [2.05, 4.69) is 125 Å². The highest BCUT2D eigenvalue weighted by Crippen LogP contribution is 2.45. The van der Waals surface area contributed by atoms with Gasteiger partial charge >= 0.3 is 39.5 Å². The summed E-state index contributed by atoms with van der Waals surface area (Å²) >= 11 is 0. The molecule has 0 saturated carbocycles. The molecule has 0 rings (SSSR count). The van der Waals surface area contributed by atoms with E-state index >= 15 is 0 Å². The number of ether oxygens (including phenoxy) is 4. The van der Waals surface area contributed by atoms with Gasteiger partial charge in [0.2, 0.25) is 0 Å². The first-order valence-corrected chi connectivity index (χ1v) is 42.5. The van der Waals surface area contributed by atoms with Gasteiger partial charge in [0.15, 0.2) is 12.2 Å². The Morgan fingerprint density at radius 3 is 0.840 bits per heavy atom. The fourth-order valence-electron chi connectivity index (χ4n) is 10.6. The lowest BCUT2D eigenvalue weighted by Crippen LogP contribution is -2.30. The van der Waals surface area contributed by atoms with Gasteiger partial charge < -0.3 is 33.8 Å². The van der Waals surface area contributed by atoms with E-state index in [1.807, 2.05) is 0 Å². The van der Waals surface area contributed by atoms with Crippen LogP contribution < -0.4 is 0 Å². The Hall–Kier alpha value is -4.02. The molecule has 0 aromatic heterocycles. The number of phosphoric acid groups is 2. The van der Waals surface area contributed by atoms with Gasteiger partial charge in [0.05, 0.1) is 26.4 Å². The van der Waals surface area contributed by atoms with Crippen LogP contribution >= 0.6 is 15.6 Å². The molecule has 5 atom stereocenters. The highest BCUT2D eigenvalue weighted by Gasteiger charge is 2.30. The maximum atomic E-state index is 13.1. The number of esters is 4. The molecule has 0 fully saturated rings. The molecular formula is C81H142O17P2. The molecule has 100 heavy (non-hydrogen) atoms. The number of hydrogen-bond acceptors (Lipinski definition) is 15. The largest absolute Gasteiger partial charge is 0.472 e. The van der Waals surface area contributed by atoms with Crippen molar-refractivity contribution in [1.29, 1.82) is 0 Å². The minimum atomic E-state index is -4.98. The Balaban J connectivity index is 5.35. The molecule has 0 aliphatic heterocycles. The van der Waals surface area contributed by atoms with Crippen molar-refractivity contribution in [3.8, 4) is 0 Å². The molecule has 0 saturated heterocycles. The highest BCUT2D eigenvalue weighted by molar-refractivity contribution is 7.47. The average molecular weight is 1450 g/mol. The molecule has 0 aliphatic rings. The van der Waals surface area contributed by atoms with E-state index in [9.17, 15) is 43.2 Å². The van der Waals surface area contributed by atoms with Gasteiger partial charge in [-0.15, -0.1) is 0 Å². The summed E-state index contributed by atoms with van der Waals surface area (Å²) in [6.07, 6.45) is 76.7. The Labute approximate surface area is 607 Å². The first-order chi connectivity index (χ1) is 48.7. The molecule has 0 aliphatic carbocycles. The fraction of sp³-hybridized carbons (Fsp3) is 0.753. The second kappa shape index (κ2) is 73.3. The summed E-state index contributed by atoms with van der Waals surface area (Å²) < 4.78 is 68.6. The van der Waals surface area contributed by atoms with Gasteiger partial charge in [-0.1, -0.05) is 292 Å². The van der Waals surface area contributed by atoms with Gasteiger partial charge in [0.25, 0.3) is 0 Å². The highest BCUT2D eigenvalue weighted by atomic mass is 31.2. The maximum absolute atomic E-state index is 13.1. The molecule has 0 bridgehead atoms. The molecule has 0 heterocycles.